The number of unbranched alkanes of at least 4 members (excludes halogenated alkanes) is 1. The minimum absolute atomic E-state index is 0.104. The molecule has 15 heavy (non-hydrogen) atoms. The average Bonchev–Trinajstić information content (AvgIpc) is 2.66. The van der Waals surface area contributed by atoms with E-state index >= 15 is 0 Å². The van der Waals surface area contributed by atoms with Gasteiger partial charge in [-0.1, -0.05) is 13.3 Å². The Morgan fingerprint density at radius 1 is 1.53 bits per heavy atom. The summed E-state index contributed by atoms with van der Waals surface area (Å²) in [6.07, 6.45) is 3.97. The highest BCUT2D eigenvalue weighted by atomic mass is 16.5. The van der Waals surface area contributed by atoms with Gasteiger partial charge in [-0.2, -0.15) is 5.10 Å². The van der Waals surface area contributed by atoms with Crippen LogP contribution in [0.5, 0.6) is 0 Å². The maximum atomic E-state index is 5.65. The zero-order valence-electron chi connectivity index (χ0n) is 9.52. The van der Waals surface area contributed by atoms with Gasteiger partial charge in [0.15, 0.2) is 5.82 Å². The van der Waals surface area contributed by atoms with Gasteiger partial charge in [0.1, 0.15) is 6.33 Å². The molecule has 0 saturated heterocycles. The summed E-state index contributed by atoms with van der Waals surface area (Å²) in [5.41, 5.74) is 5.65. The quantitative estimate of drug-likeness (QED) is 0.688. The summed E-state index contributed by atoms with van der Waals surface area (Å²) in [5, 5.41) is 4.23. The molecule has 1 rings (SSSR count). The molecule has 0 spiro atoms. The van der Waals surface area contributed by atoms with Gasteiger partial charge in [-0.3, -0.25) is 4.68 Å². The second-order valence-electron chi connectivity index (χ2n) is 3.62. The molecular formula is C10H20N4O. The summed E-state index contributed by atoms with van der Waals surface area (Å²) in [6.45, 7) is 6.27. The molecule has 5 heteroatoms. The molecule has 1 unspecified atom stereocenters. The van der Waals surface area contributed by atoms with Crippen molar-refractivity contribution in [2.75, 3.05) is 13.2 Å². The standard InChI is InChI=1S/C10H20N4O/c1-3-4-6-15-7-5-14-8-12-10(13-14)9(2)11/h8-9H,3-7,11H2,1-2H3. The Hall–Kier alpha value is -0.940. The molecule has 0 radical (unpaired) electrons. The van der Waals surface area contributed by atoms with Crippen LogP contribution >= 0.6 is 0 Å². The number of ether oxygens (including phenoxy) is 1. The molecule has 2 N–H and O–H groups in total. The van der Waals surface area contributed by atoms with E-state index in [2.05, 4.69) is 17.0 Å². The third-order valence-corrected chi connectivity index (χ3v) is 2.07. The highest BCUT2D eigenvalue weighted by Gasteiger charge is 2.04. The average molecular weight is 212 g/mol. The Morgan fingerprint density at radius 3 is 2.93 bits per heavy atom. The van der Waals surface area contributed by atoms with Crippen LogP contribution < -0.4 is 5.73 Å². The Morgan fingerprint density at radius 2 is 2.33 bits per heavy atom. The largest absolute Gasteiger partial charge is 0.380 e. The van der Waals surface area contributed by atoms with Gasteiger partial charge in [-0.25, -0.2) is 4.98 Å². The van der Waals surface area contributed by atoms with Crippen molar-refractivity contribution in [3.8, 4) is 0 Å². The molecule has 1 heterocycles. The number of aromatic nitrogens is 3. The smallest absolute Gasteiger partial charge is 0.166 e. The Bertz CT molecular complexity index is 272. The molecule has 5 nitrogen and oxygen atoms in total. The molecule has 86 valence electrons. The van der Waals surface area contributed by atoms with Crippen LogP contribution in [0, 0.1) is 0 Å². The van der Waals surface area contributed by atoms with Gasteiger partial charge in [0.25, 0.3) is 0 Å². The Balaban J connectivity index is 2.20. The summed E-state index contributed by atoms with van der Waals surface area (Å²) in [6, 6.07) is -0.104. The van der Waals surface area contributed by atoms with Crippen molar-refractivity contribution in [1.29, 1.82) is 0 Å². The SMILES string of the molecule is CCCCOCCn1cnc(C(C)N)n1. The van der Waals surface area contributed by atoms with Crippen LogP contribution in [0.3, 0.4) is 0 Å². The van der Waals surface area contributed by atoms with Crippen molar-refractivity contribution < 1.29 is 4.74 Å². The number of hydrogen-bond donors (Lipinski definition) is 1. The van der Waals surface area contributed by atoms with E-state index in [1.807, 2.05) is 6.92 Å². The predicted molar refractivity (Wildman–Crippen MR) is 58.4 cm³/mol. The third-order valence-electron chi connectivity index (χ3n) is 2.07. The van der Waals surface area contributed by atoms with Crippen LogP contribution in [0.25, 0.3) is 0 Å². The molecule has 0 saturated carbocycles. The van der Waals surface area contributed by atoms with Crippen LogP contribution in [-0.4, -0.2) is 28.0 Å². The zero-order valence-corrected chi connectivity index (χ0v) is 9.52. The molecule has 0 aromatic carbocycles. The first kappa shape index (κ1) is 12.1. The predicted octanol–water partition coefficient (Wildman–Crippen LogP) is 1.11. The second-order valence-corrected chi connectivity index (χ2v) is 3.62. The van der Waals surface area contributed by atoms with Crippen LogP contribution in [0.4, 0.5) is 0 Å². The summed E-state index contributed by atoms with van der Waals surface area (Å²) >= 11 is 0. The van der Waals surface area contributed by atoms with Gasteiger partial charge in [0.05, 0.1) is 19.2 Å². The van der Waals surface area contributed by atoms with Crippen LogP contribution in [0.2, 0.25) is 0 Å². The van der Waals surface area contributed by atoms with Crippen molar-refractivity contribution in [2.24, 2.45) is 5.73 Å². The van der Waals surface area contributed by atoms with E-state index in [0.29, 0.717) is 12.4 Å². The fraction of sp³-hybridized carbons (Fsp3) is 0.800. The lowest BCUT2D eigenvalue weighted by Gasteiger charge is -2.02. The highest BCUT2D eigenvalue weighted by molar-refractivity contribution is 4.87. The lowest BCUT2D eigenvalue weighted by atomic mass is 10.4. The monoisotopic (exact) mass is 212 g/mol. The van der Waals surface area contributed by atoms with Crippen LogP contribution in [-0.2, 0) is 11.3 Å². The van der Waals surface area contributed by atoms with Gasteiger partial charge >= 0.3 is 0 Å². The van der Waals surface area contributed by atoms with E-state index in [-0.39, 0.29) is 6.04 Å². The van der Waals surface area contributed by atoms with Crippen LogP contribution in [0.15, 0.2) is 6.33 Å². The molecule has 1 aromatic heterocycles. The second kappa shape index (κ2) is 6.53. The normalized spacial score (nSPS) is 13.0. The van der Waals surface area contributed by atoms with E-state index in [1.165, 1.54) is 0 Å². The number of hydrogen-bond acceptors (Lipinski definition) is 4. The van der Waals surface area contributed by atoms with Crippen molar-refractivity contribution in [2.45, 2.75) is 39.3 Å². The third kappa shape index (κ3) is 4.40. The summed E-state index contributed by atoms with van der Waals surface area (Å²) in [5.74, 6) is 0.684. The molecule has 0 amide bonds. The number of rotatable bonds is 7. The van der Waals surface area contributed by atoms with Gasteiger partial charge in [-0.05, 0) is 13.3 Å². The van der Waals surface area contributed by atoms with E-state index in [1.54, 1.807) is 11.0 Å². The van der Waals surface area contributed by atoms with Crippen molar-refractivity contribution >= 4 is 0 Å². The minimum atomic E-state index is -0.104. The highest BCUT2D eigenvalue weighted by Crippen LogP contribution is 2.00. The zero-order chi connectivity index (χ0) is 11.1. The maximum absolute atomic E-state index is 5.65. The summed E-state index contributed by atoms with van der Waals surface area (Å²) < 4.78 is 7.20. The molecule has 1 atom stereocenters. The van der Waals surface area contributed by atoms with Crippen LogP contribution in [0.1, 0.15) is 38.6 Å². The Kier molecular flexibility index (Phi) is 5.28. The molecule has 0 bridgehead atoms. The lowest BCUT2D eigenvalue weighted by molar-refractivity contribution is 0.121. The lowest BCUT2D eigenvalue weighted by Crippen LogP contribution is -2.10. The molecular weight excluding hydrogens is 192 g/mol. The molecule has 0 aliphatic rings. The fourth-order valence-corrected chi connectivity index (χ4v) is 1.13. The topological polar surface area (TPSA) is 66.0 Å². The molecule has 0 fully saturated rings. The van der Waals surface area contributed by atoms with Crippen molar-refractivity contribution in [1.82, 2.24) is 14.8 Å². The van der Waals surface area contributed by atoms with Gasteiger partial charge < -0.3 is 10.5 Å². The van der Waals surface area contributed by atoms with Crippen molar-refractivity contribution in [3.05, 3.63) is 12.2 Å². The van der Waals surface area contributed by atoms with Crippen molar-refractivity contribution in [3.63, 3.8) is 0 Å². The number of nitrogens with two attached hydrogens (primary N) is 1. The van der Waals surface area contributed by atoms with Gasteiger partial charge in [0, 0.05) is 6.61 Å². The number of nitrogens with zero attached hydrogens (tertiary/aromatic N) is 3. The molecule has 0 aliphatic heterocycles. The van der Waals surface area contributed by atoms with E-state index in [0.717, 1.165) is 26.0 Å². The fourth-order valence-electron chi connectivity index (χ4n) is 1.13. The minimum Gasteiger partial charge on any atom is -0.380 e. The van der Waals surface area contributed by atoms with E-state index < -0.39 is 0 Å². The summed E-state index contributed by atoms with van der Waals surface area (Å²) in [4.78, 5) is 4.10. The first-order valence-corrected chi connectivity index (χ1v) is 5.46. The molecule has 0 aliphatic carbocycles. The van der Waals surface area contributed by atoms with Gasteiger partial charge in [-0.15, -0.1) is 0 Å². The van der Waals surface area contributed by atoms with E-state index in [4.69, 9.17) is 10.5 Å². The van der Waals surface area contributed by atoms with Gasteiger partial charge in [0.2, 0.25) is 0 Å². The maximum Gasteiger partial charge on any atom is 0.166 e. The summed E-state index contributed by atoms with van der Waals surface area (Å²) in [7, 11) is 0. The first-order chi connectivity index (χ1) is 7.24. The molecule has 1 aromatic rings. The van der Waals surface area contributed by atoms with E-state index in [9.17, 15) is 0 Å². The first-order valence-electron chi connectivity index (χ1n) is 5.46. The Labute approximate surface area is 90.6 Å².